The lowest BCUT2D eigenvalue weighted by Crippen LogP contribution is -2.10. The largest absolute Gasteiger partial charge is 0.454 e. The first kappa shape index (κ1) is 8.85. The molecule has 2 rings (SSSR count). The molecule has 2 N–H and O–H groups in total. The summed E-state index contributed by atoms with van der Waals surface area (Å²) >= 11 is 0. The van der Waals surface area contributed by atoms with Crippen LogP contribution in [0.2, 0.25) is 0 Å². The molecule has 1 heterocycles. The Labute approximate surface area is 81.8 Å². The highest BCUT2D eigenvalue weighted by molar-refractivity contribution is 5.49. The SMILES string of the molecule is N#CC[C@H](N)c1cccc2c1OCO2. The Morgan fingerprint density at radius 3 is 3.14 bits per heavy atom. The van der Waals surface area contributed by atoms with Crippen molar-refractivity contribution in [2.45, 2.75) is 12.5 Å². The Hall–Kier alpha value is -1.73. The van der Waals surface area contributed by atoms with E-state index in [4.69, 9.17) is 20.5 Å². The van der Waals surface area contributed by atoms with Crippen LogP contribution in [0, 0.1) is 11.3 Å². The maximum absolute atomic E-state index is 8.54. The molecule has 1 aromatic carbocycles. The van der Waals surface area contributed by atoms with Crippen LogP contribution in [0.15, 0.2) is 18.2 Å². The zero-order valence-electron chi connectivity index (χ0n) is 7.56. The second kappa shape index (κ2) is 3.56. The van der Waals surface area contributed by atoms with Gasteiger partial charge in [-0.2, -0.15) is 5.26 Å². The first-order chi connectivity index (χ1) is 6.83. The third kappa shape index (κ3) is 1.38. The quantitative estimate of drug-likeness (QED) is 0.763. The Bertz CT molecular complexity index is 384. The number of hydrogen-bond acceptors (Lipinski definition) is 4. The first-order valence-electron chi connectivity index (χ1n) is 4.34. The van der Waals surface area contributed by atoms with Crippen LogP contribution in [0.5, 0.6) is 11.5 Å². The minimum Gasteiger partial charge on any atom is -0.454 e. The Morgan fingerprint density at radius 2 is 2.36 bits per heavy atom. The zero-order chi connectivity index (χ0) is 9.97. The highest BCUT2D eigenvalue weighted by Gasteiger charge is 2.20. The summed E-state index contributed by atoms with van der Waals surface area (Å²) in [5.41, 5.74) is 6.66. The molecule has 0 saturated heterocycles. The number of nitriles is 1. The van der Waals surface area contributed by atoms with Gasteiger partial charge < -0.3 is 15.2 Å². The predicted octanol–water partition coefficient (Wildman–Crippen LogP) is 1.33. The molecule has 0 aromatic heterocycles. The molecule has 0 aliphatic carbocycles. The van der Waals surface area contributed by atoms with Crippen molar-refractivity contribution in [3.63, 3.8) is 0 Å². The topological polar surface area (TPSA) is 68.3 Å². The van der Waals surface area contributed by atoms with Gasteiger partial charge in [-0.15, -0.1) is 0 Å². The number of hydrogen-bond donors (Lipinski definition) is 1. The summed E-state index contributed by atoms with van der Waals surface area (Å²) in [5.74, 6) is 1.38. The molecule has 0 fully saturated rings. The van der Waals surface area contributed by atoms with Gasteiger partial charge in [0.25, 0.3) is 0 Å². The van der Waals surface area contributed by atoms with E-state index >= 15 is 0 Å². The number of nitrogens with two attached hydrogens (primary N) is 1. The molecule has 0 amide bonds. The van der Waals surface area contributed by atoms with Gasteiger partial charge in [0.15, 0.2) is 11.5 Å². The molecular weight excluding hydrogens is 180 g/mol. The first-order valence-corrected chi connectivity index (χ1v) is 4.34. The summed E-state index contributed by atoms with van der Waals surface area (Å²) in [5, 5.41) is 8.54. The molecule has 1 aromatic rings. The molecule has 14 heavy (non-hydrogen) atoms. The zero-order valence-corrected chi connectivity index (χ0v) is 7.56. The average Bonchev–Trinajstić information content (AvgIpc) is 2.65. The summed E-state index contributed by atoms with van der Waals surface area (Å²) < 4.78 is 10.5. The van der Waals surface area contributed by atoms with Crippen LogP contribution in [0.25, 0.3) is 0 Å². The molecule has 0 radical (unpaired) electrons. The molecule has 72 valence electrons. The maximum atomic E-state index is 8.54. The van der Waals surface area contributed by atoms with Gasteiger partial charge in [0, 0.05) is 11.6 Å². The second-order valence-corrected chi connectivity index (χ2v) is 3.05. The Balaban J connectivity index is 2.35. The van der Waals surface area contributed by atoms with Crippen LogP contribution in [-0.4, -0.2) is 6.79 Å². The van der Waals surface area contributed by atoms with Crippen molar-refractivity contribution in [3.05, 3.63) is 23.8 Å². The van der Waals surface area contributed by atoms with Crippen molar-refractivity contribution in [1.29, 1.82) is 5.26 Å². The van der Waals surface area contributed by atoms with Gasteiger partial charge >= 0.3 is 0 Å². The number of para-hydroxylation sites is 1. The van der Waals surface area contributed by atoms with Gasteiger partial charge in [0.2, 0.25) is 6.79 Å². The van der Waals surface area contributed by atoms with Crippen molar-refractivity contribution >= 4 is 0 Å². The van der Waals surface area contributed by atoms with Crippen molar-refractivity contribution in [2.75, 3.05) is 6.79 Å². The normalized spacial score (nSPS) is 14.9. The monoisotopic (exact) mass is 190 g/mol. The number of nitrogens with zero attached hydrogens (tertiary/aromatic N) is 1. The van der Waals surface area contributed by atoms with Gasteiger partial charge in [0.1, 0.15) is 0 Å². The maximum Gasteiger partial charge on any atom is 0.231 e. The van der Waals surface area contributed by atoms with E-state index in [1.165, 1.54) is 0 Å². The van der Waals surface area contributed by atoms with Crippen LogP contribution < -0.4 is 15.2 Å². The molecule has 0 bridgehead atoms. The summed E-state index contributed by atoms with van der Waals surface area (Å²) in [7, 11) is 0. The number of fused-ring (bicyclic) bond motifs is 1. The number of ether oxygens (including phenoxy) is 2. The molecule has 0 saturated carbocycles. The third-order valence-electron chi connectivity index (χ3n) is 2.14. The summed E-state index contributed by atoms with van der Waals surface area (Å²) in [6.07, 6.45) is 0.278. The highest BCUT2D eigenvalue weighted by atomic mass is 16.7. The molecule has 1 aliphatic rings. The van der Waals surface area contributed by atoms with E-state index in [1.54, 1.807) is 0 Å². The van der Waals surface area contributed by atoms with E-state index < -0.39 is 0 Å². The Kier molecular flexibility index (Phi) is 2.25. The van der Waals surface area contributed by atoms with Gasteiger partial charge in [0.05, 0.1) is 12.5 Å². The van der Waals surface area contributed by atoms with Crippen LogP contribution >= 0.6 is 0 Å². The van der Waals surface area contributed by atoms with Gasteiger partial charge in [-0.3, -0.25) is 0 Å². The van der Waals surface area contributed by atoms with E-state index in [1.807, 2.05) is 24.3 Å². The smallest absolute Gasteiger partial charge is 0.231 e. The third-order valence-corrected chi connectivity index (χ3v) is 2.14. The van der Waals surface area contributed by atoms with E-state index in [0.29, 0.717) is 11.5 Å². The van der Waals surface area contributed by atoms with Gasteiger partial charge in [-0.05, 0) is 6.07 Å². The van der Waals surface area contributed by atoms with E-state index in [9.17, 15) is 0 Å². The second-order valence-electron chi connectivity index (χ2n) is 3.05. The van der Waals surface area contributed by atoms with Crippen LogP contribution in [-0.2, 0) is 0 Å². The van der Waals surface area contributed by atoms with E-state index in [-0.39, 0.29) is 19.3 Å². The van der Waals surface area contributed by atoms with Crippen molar-refractivity contribution < 1.29 is 9.47 Å². The molecule has 0 unspecified atom stereocenters. The molecular formula is C10H10N2O2. The van der Waals surface area contributed by atoms with Crippen LogP contribution in [0.1, 0.15) is 18.0 Å². The molecule has 1 atom stereocenters. The summed E-state index contributed by atoms with van der Waals surface area (Å²) in [6, 6.07) is 7.26. The lowest BCUT2D eigenvalue weighted by Gasteiger charge is -2.10. The van der Waals surface area contributed by atoms with Crippen molar-refractivity contribution in [2.24, 2.45) is 5.73 Å². The highest BCUT2D eigenvalue weighted by Crippen LogP contribution is 2.38. The summed E-state index contributed by atoms with van der Waals surface area (Å²) in [6.45, 7) is 0.228. The number of rotatable bonds is 2. The predicted molar refractivity (Wildman–Crippen MR) is 49.7 cm³/mol. The van der Waals surface area contributed by atoms with Crippen LogP contribution in [0.4, 0.5) is 0 Å². The average molecular weight is 190 g/mol. The molecule has 1 aliphatic heterocycles. The van der Waals surface area contributed by atoms with Crippen LogP contribution in [0.3, 0.4) is 0 Å². The molecule has 4 nitrogen and oxygen atoms in total. The standard InChI is InChI=1S/C10H10N2O2/c11-5-4-8(12)7-2-1-3-9-10(7)14-6-13-9/h1-3,8H,4,6,12H2/t8-/m0/s1. The summed E-state index contributed by atoms with van der Waals surface area (Å²) in [4.78, 5) is 0. The molecule has 0 spiro atoms. The molecule has 4 heteroatoms. The lowest BCUT2D eigenvalue weighted by molar-refractivity contribution is 0.173. The van der Waals surface area contributed by atoms with Gasteiger partial charge in [-0.1, -0.05) is 12.1 Å². The fourth-order valence-electron chi connectivity index (χ4n) is 1.45. The minimum atomic E-state index is -0.309. The minimum absolute atomic E-state index is 0.228. The van der Waals surface area contributed by atoms with E-state index in [0.717, 1.165) is 5.56 Å². The number of benzene rings is 1. The Morgan fingerprint density at radius 1 is 1.50 bits per heavy atom. The van der Waals surface area contributed by atoms with Crippen molar-refractivity contribution in [1.82, 2.24) is 0 Å². The fourth-order valence-corrected chi connectivity index (χ4v) is 1.45. The van der Waals surface area contributed by atoms with Gasteiger partial charge in [-0.25, -0.2) is 0 Å². The lowest BCUT2D eigenvalue weighted by atomic mass is 10.0. The van der Waals surface area contributed by atoms with E-state index in [2.05, 4.69) is 0 Å². The fraction of sp³-hybridized carbons (Fsp3) is 0.300. The van der Waals surface area contributed by atoms with Crippen molar-refractivity contribution in [3.8, 4) is 17.6 Å².